The van der Waals surface area contributed by atoms with Gasteiger partial charge in [0.1, 0.15) is 12.1 Å². The van der Waals surface area contributed by atoms with Crippen LogP contribution in [-0.2, 0) is 22.6 Å². The summed E-state index contributed by atoms with van der Waals surface area (Å²) in [5.74, 6) is -0.184. The van der Waals surface area contributed by atoms with Crippen molar-refractivity contribution in [2.75, 3.05) is 0 Å². The van der Waals surface area contributed by atoms with E-state index in [1.807, 2.05) is 54.6 Å². The first-order chi connectivity index (χ1) is 12.3. The van der Waals surface area contributed by atoms with Gasteiger partial charge in [-0.25, -0.2) is 4.79 Å². The molecule has 1 saturated carbocycles. The smallest absolute Gasteiger partial charge is 0.328 e. The van der Waals surface area contributed by atoms with E-state index in [-0.39, 0.29) is 12.1 Å². The first-order valence-electron chi connectivity index (χ1n) is 9.03. The fourth-order valence-corrected chi connectivity index (χ4v) is 3.23. The molecule has 2 aromatic carbocycles. The van der Waals surface area contributed by atoms with Crippen LogP contribution in [0.3, 0.4) is 0 Å². The molecule has 0 aromatic heterocycles. The number of carbonyl (C=O) groups excluding carboxylic acids is 1. The topological polar surface area (TPSA) is 64.3 Å². The number of esters is 1. The molecule has 4 nitrogen and oxygen atoms in total. The van der Waals surface area contributed by atoms with Crippen LogP contribution in [-0.4, -0.2) is 12.1 Å². The van der Waals surface area contributed by atoms with Gasteiger partial charge in [0.15, 0.2) is 0 Å². The lowest BCUT2D eigenvalue weighted by atomic mass is 10.1. The Morgan fingerprint density at radius 1 is 1.04 bits per heavy atom. The van der Waals surface area contributed by atoms with Crippen molar-refractivity contribution >= 4 is 5.97 Å². The SMILES string of the molecule is NCc1ccc(CN[C@H](C(=O)OC2CCCC2)c2ccccc2)cc1. The Labute approximate surface area is 149 Å². The van der Waals surface area contributed by atoms with E-state index in [9.17, 15) is 4.79 Å². The zero-order valence-corrected chi connectivity index (χ0v) is 14.5. The molecule has 0 radical (unpaired) electrons. The molecule has 0 amide bonds. The van der Waals surface area contributed by atoms with Crippen LogP contribution in [0.25, 0.3) is 0 Å². The van der Waals surface area contributed by atoms with Crippen LogP contribution >= 0.6 is 0 Å². The summed E-state index contributed by atoms with van der Waals surface area (Å²) in [5.41, 5.74) is 8.79. The highest BCUT2D eigenvalue weighted by molar-refractivity contribution is 5.77. The van der Waals surface area contributed by atoms with Gasteiger partial charge in [-0.05, 0) is 42.4 Å². The molecule has 0 spiro atoms. The van der Waals surface area contributed by atoms with E-state index in [0.29, 0.717) is 13.1 Å². The molecule has 2 aromatic rings. The number of rotatable bonds is 7. The average molecular weight is 338 g/mol. The van der Waals surface area contributed by atoms with E-state index in [1.165, 1.54) is 0 Å². The Balaban J connectivity index is 1.68. The molecule has 132 valence electrons. The summed E-state index contributed by atoms with van der Waals surface area (Å²) >= 11 is 0. The number of hydrogen-bond acceptors (Lipinski definition) is 4. The minimum atomic E-state index is -0.448. The summed E-state index contributed by atoms with van der Waals surface area (Å²) in [6, 6.07) is 17.4. The van der Waals surface area contributed by atoms with Crippen LogP contribution in [0.15, 0.2) is 54.6 Å². The largest absolute Gasteiger partial charge is 0.461 e. The predicted octanol–water partition coefficient (Wildman–Crippen LogP) is 3.46. The van der Waals surface area contributed by atoms with Gasteiger partial charge in [-0.3, -0.25) is 5.32 Å². The minimum absolute atomic E-state index is 0.0735. The zero-order valence-electron chi connectivity index (χ0n) is 14.5. The van der Waals surface area contributed by atoms with Crippen LogP contribution < -0.4 is 11.1 Å². The highest BCUT2D eigenvalue weighted by atomic mass is 16.5. The van der Waals surface area contributed by atoms with E-state index in [4.69, 9.17) is 10.5 Å². The van der Waals surface area contributed by atoms with Crippen molar-refractivity contribution in [3.63, 3.8) is 0 Å². The molecule has 0 saturated heterocycles. The van der Waals surface area contributed by atoms with Gasteiger partial charge < -0.3 is 10.5 Å². The van der Waals surface area contributed by atoms with E-state index in [2.05, 4.69) is 5.32 Å². The lowest BCUT2D eigenvalue weighted by Crippen LogP contribution is -2.32. The zero-order chi connectivity index (χ0) is 17.5. The van der Waals surface area contributed by atoms with Crippen molar-refractivity contribution < 1.29 is 9.53 Å². The number of nitrogens with one attached hydrogen (secondary N) is 1. The Morgan fingerprint density at radius 3 is 2.32 bits per heavy atom. The molecule has 3 rings (SSSR count). The van der Waals surface area contributed by atoms with Crippen molar-refractivity contribution in [1.82, 2.24) is 5.32 Å². The maximum absolute atomic E-state index is 12.7. The van der Waals surface area contributed by atoms with Gasteiger partial charge in [-0.15, -0.1) is 0 Å². The van der Waals surface area contributed by atoms with Crippen molar-refractivity contribution in [3.8, 4) is 0 Å². The predicted molar refractivity (Wildman–Crippen MR) is 98.7 cm³/mol. The number of nitrogens with two attached hydrogens (primary N) is 1. The summed E-state index contributed by atoms with van der Waals surface area (Å²) in [4.78, 5) is 12.7. The number of benzene rings is 2. The van der Waals surface area contributed by atoms with E-state index in [1.54, 1.807) is 0 Å². The lowest BCUT2D eigenvalue weighted by molar-refractivity contribution is -0.151. The normalized spacial score (nSPS) is 15.9. The van der Waals surface area contributed by atoms with Crippen molar-refractivity contribution in [2.45, 2.75) is 50.9 Å². The van der Waals surface area contributed by atoms with Gasteiger partial charge in [0.2, 0.25) is 0 Å². The fourth-order valence-electron chi connectivity index (χ4n) is 3.23. The summed E-state index contributed by atoms with van der Waals surface area (Å²) < 4.78 is 5.73. The molecular weight excluding hydrogens is 312 g/mol. The second-order valence-electron chi connectivity index (χ2n) is 6.59. The van der Waals surface area contributed by atoms with E-state index >= 15 is 0 Å². The Kier molecular flexibility index (Phi) is 6.20. The van der Waals surface area contributed by atoms with Gasteiger partial charge >= 0.3 is 5.97 Å². The van der Waals surface area contributed by atoms with Crippen LogP contribution in [0.1, 0.15) is 48.4 Å². The van der Waals surface area contributed by atoms with Gasteiger partial charge in [0, 0.05) is 13.1 Å². The van der Waals surface area contributed by atoms with Gasteiger partial charge in [0.05, 0.1) is 0 Å². The number of carbonyl (C=O) groups is 1. The van der Waals surface area contributed by atoms with Gasteiger partial charge in [-0.2, -0.15) is 0 Å². The molecule has 1 atom stereocenters. The highest BCUT2D eigenvalue weighted by Crippen LogP contribution is 2.24. The van der Waals surface area contributed by atoms with E-state index in [0.717, 1.165) is 42.4 Å². The minimum Gasteiger partial charge on any atom is -0.461 e. The van der Waals surface area contributed by atoms with Crippen LogP contribution in [0.5, 0.6) is 0 Å². The third-order valence-electron chi connectivity index (χ3n) is 4.72. The van der Waals surface area contributed by atoms with Crippen molar-refractivity contribution in [1.29, 1.82) is 0 Å². The van der Waals surface area contributed by atoms with Gasteiger partial charge in [0.25, 0.3) is 0 Å². The standard InChI is InChI=1S/C21H26N2O2/c22-14-16-10-12-17(13-11-16)15-23-20(18-6-2-1-3-7-18)21(24)25-19-8-4-5-9-19/h1-3,6-7,10-13,19-20,23H,4-5,8-9,14-15,22H2/t20-/m0/s1. The highest BCUT2D eigenvalue weighted by Gasteiger charge is 2.26. The monoisotopic (exact) mass is 338 g/mol. The van der Waals surface area contributed by atoms with Crippen molar-refractivity contribution in [2.24, 2.45) is 5.73 Å². The van der Waals surface area contributed by atoms with Crippen molar-refractivity contribution in [3.05, 3.63) is 71.3 Å². The third kappa shape index (κ3) is 4.91. The summed E-state index contributed by atoms with van der Waals surface area (Å²) in [7, 11) is 0. The second-order valence-corrected chi connectivity index (χ2v) is 6.59. The molecule has 3 N–H and O–H groups in total. The number of ether oxygens (including phenoxy) is 1. The van der Waals surface area contributed by atoms with Crippen LogP contribution in [0.4, 0.5) is 0 Å². The van der Waals surface area contributed by atoms with E-state index < -0.39 is 6.04 Å². The van der Waals surface area contributed by atoms with Crippen LogP contribution in [0, 0.1) is 0 Å². The Morgan fingerprint density at radius 2 is 1.68 bits per heavy atom. The third-order valence-corrected chi connectivity index (χ3v) is 4.72. The fraction of sp³-hybridized carbons (Fsp3) is 0.381. The Hall–Kier alpha value is -2.17. The Bertz CT molecular complexity index is 664. The molecule has 0 bridgehead atoms. The summed E-state index contributed by atoms with van der Waals surface area (Å²) in [6.45, 7) is 1.14. The molecule has 4 heteroatoms. The molecule has 0 aliphatic heterocycles. The molecule has 1 aliphatic rings. The molecule has 25 heavy (non-hydrogen) atoms. The molecule has 1 aliphatic carbocycles. The maximum Gasteiger partial charge on any atom is 0.328 e. The second kappa shape index (κ2) is 8.79. The lowest BCUT2D eigenvalue weighted by Gasteiger charge is -2.21. The van der Waals surface area contributed by atoms with Gasteiger partial charge in [-0.1, -0.05) is 54.6 Å². The number of hydrogen-bond donors (Lipinski definition) is 2. The maximum atomic E-state index is 12.7. The van der Waals surface area contributed by atoms with Crippen LogP contribution in [0.2, 0.25) is 0 Å². The molecule has 1 fully saturated rings. The molecule has 0 unspecified atom stereocenters. The summed E-state index contributed by atoms with van der Waals surface area (Å²) in [5, 5.41) is 3.36. The first kappa shape index (κ1) is 17.6. The average Bonchev–Trinajstić information content (AvgIpc) is 3.16. The molecule has 0 heterocycles. The quantitative estimate of drug-likeness (QED) is 0.759. The first-order valence-corrected chi connectivity index (χ1v) is 9.03. The summed E-state index contributed by atoms with van der Waals surface area (Å²) in [6.07, 6.45) is 4.33. The molecular formula is C21H26N2O2.